The summed E-state index contributed by atoms with van der Waals surface area (Å²) in [5.74, 6) is 0.549. The second-order valence-electron chi connectivity index (χ2n) is 7.23. The summed E-state index contributed by atoms with van der Waals surface area (Å²) in [6.07, 6.45) is 2.00. The molecule has 28 heavy (non-hydrogen) atoms. The zero-order valence-electron chi connectivity index (χ0n) is 16.4. The first-order valence-corrected chi connectivity index (χ1v) is 9.47. The van der Waals surface area contributed by atoms with Crippen molar-refractivity contribution in [3.05, 3.63) is 47.0 Å². The van der Waals surface area contributed by atoms with E-state index >= 15 is 0 Å². The van der Waals surface area contributed by atoms with Crippen molar-refractivity contribution in [1.29, 1.82) is 0 Å². The van der Waals surface area contributed by atoms with Crippen molar-refractivity contribution < 1.29 is 9.21 Å². The number of hydrogen-bond acceptors (Lipinski definition) is 5. The van der Waals surface area contributed by atoms with Gasteiger partial charge in [0, 0.05) is 10.9 Å². The van der Waals surface area contributed by atoms with Crippen LogP contribution in [0.5, 0.6) is 0 Å². The van der Waals surface area contributed by atoms with Gasteiger partial charge in [-0.3, -0.25) is 4.79 Å². The zero-order chi connectivity index (χ0) is 19.0. The van der Waals surface area contributed by atoms with E-state index in [2.05, 4.69) is 20.9 Å². The van der Waals surface area contributed by atoms with Gasteiger partial charge in [-0.2, -0.15) is 0 Å². The Morgan fingerprint density at radius 1 is 1.29 bits per heavy atom. The molecule has 3 heterocycles. The Labute approximate surface area is 170 Å². The Morgan fingerprint density at radius 2 is 2.00 bits per heavy atom. The van der Waals surface area contributed by atoms with Gasteiger partial charge in [0.25, 0.3) is 5.91 Å². The summed E-state index contributed by atoms with van der Waals surface area (Å²) in [7, 11) is 0. The van der Waals surface area contributed by atoms with Gasteiger partial charge in [-0.25, -0.2) is 4.68 Å². The van der Waals surface area contributed by atoms with Crippen molar-refractivity contribution in [1.82, 2.24) is 25.6 Å². The van der Waals surface area contributed by atoms with E-state index in [1.54, 1.807) is 0 Å². The number of halogens is 1. The molecule has 1 aliphatic heterocycles. The fourth-order valence-electron chi connectivity index (χ4n) is 3.89. The Morgan fingerprint density at radius 3 is 2.71 bits per heavy atom. The Hall–Kier alpha value is -2.38. The van der Waals surface area contributed by atoms with E-state index in [1.807, 2.05) is 49.7 Å². The lowest BCUT2D eigenvalue weighted by Gasteiger charge is -2.23. The zero-order valence-corrected chi connectivity index (χ0v) is 17.2. The minimum Gasteiger partial charge on any atom is -0.459 e. The molecule has 0 spiro atoms. The van der Waals surface area contributed by atoms with Crippen LogP contribution < -0.4 is 10.6 Å². The van der Waals surface area contributed by atoms with Gasteiger partial charge < -0.3 is 15.1 Å². The van der Waals surface area contributed by atoms with E-state index in [4.69, 9.17) is 4.42 Å². The molecule has 4 rings (SSSR count). The first-order valence-electron chi connectivity index (χ1n) is 9.47. The molecule has 1 atom stereocenters. The number of para-hydroxylation sites is 1. The number of piperidine rings is 1. The van der Waals surface area contributed by atoms with Gasteiger partial charge in [-0.1, -0.05) is 23.4 Å². The third kappa shape index (κ3) is 3.64. The molecule has 150 valence electrons. The molecular weight excluding hydrogens is 378 g/mol. The van der Waals surface area contributed by atoms with E-state index < -0.39 is 0 Å². The van der Waals surface area contributed by atoms with Crippen molar-refractivity contribution in [3.8, 4) is 0 Å². The van der Waals surface area contributed by atoms with Gasteiger partial charge in [0.05, 0.1) is 17.8 Å². The van der Waals surface area contributed by atoms with Gasteiger partial charge in [0.1, 0.15) is 11.3 Å². The highest BCUT2D eigenvalue weighted by Gasteiger charge is 2.25. The van der Waals surface area contributed by atoms with E-state index in [1.165, 1.54) is 0 Å². The van der Waals surface area contributed by atoms with Crippen molar-refractivity contribution in [3.63, 3.8) is 0 Å². The van der Waals surface area contributed by atoms with Crippen LogP contribution in [0.4, 0.5) is 0 Å². The summed E-state index contributed by atoms with van der Waals surface area (Å²) < 4.78 is 7.86. The van der Waals surface area contributed by atoms with Gasteiger partial charge in [0.2, 0.25) is 0 Å². The average molecular weight is 404 g/mol. The highest BCUT2D eigenvalue weighted by Crippen LogP contribution is 2.29. The maximum atomic E-state index is 12.8. The van der Waals surface area contributed by atoms with Crippen LogP contribution in [0.2, 0.25) is 0 Å². The minimum atomic E-state index is -0.256. The lowest BCUT2D eigenvalue weighted by Crippen LogP contribution is -2.31. The van der Waals surface area contributed by atoms with Crippen LogP contribution in [0, 0.1) is 13.8 Å². The number of furan rings is 1. The fraction of sp³-hybridized carbons (Fsp3) is 0.450. The first kappa shape index (κ1) is 20.4. The molecule has 2 aromatic heterocycles. The second-order valence-corrected chi connectivity index (χ2v) is 7.23. The predicted molar refractivity (Wildman–Crippen MR) is 110 cm³/mol. The first-order chi connectivity index (χ1) is 13.1. The van der Waals surface area contributed by atoms with Gasteiger partial charge in [-0.05, 0) is 52.8 Å². The Kier molecular flexibility index (Phi) is 6.05. The van der Waals surface area contributed by atoms with Crippen LogP contribution in [0.3, 0.4) is 0 Å². The molecule has 0 aliphatic carbocycles. The standard InChI is InChI=1S/C20H25N5O2.ClH/c1-12-16-6-4-5-7-17(16)27-19(12)13(2)22-20(26)18-14(3)25(24-23-18)15-8-10-21-11-9-15;/h4-7,13,15,21H,8-11H2,1-3H3,(H,22,26);1H. The fourth-order valence-corrected chi connectivity index (χ4v) is 3.89. The summed E-state index contributed by atoms with van der Waals surface area (Å²) in [5.41, 5.74) is 3.08. The van der Waals surface area contributed by atoms with Crippen LogP contribution in [0.1, 0.15) is 59.4 Å². The van der Waals surface area contributed by atoms with E-state index in [9.17, 15) is 4.79 Å². The second kappa shape index (κ2) is 8.32. The van der Waals surface area contributed by atoms with E-state index in [0.29, 0.717) is 11.7 Å². The quantitative estimate of drug-likeness (QED) is 0.696. The number of nitrogens with one attached hydrogen (secondary N) is 2. The number of hydrogen-bond donors (Lipinski definition) is 2. The molecule has 0 radical (unpaired) electrons. The number of benzene rings is 1. The number of rotatable bonds is 4. The van der Waals surface area contributed by atoms with Crippen molar-refractivity contribution in [2.45, 2.75) is 45.7 Å². The SMILES string of the molecule is Cc1c(C(C)NC(=O)c2nnn(C3CCNCC3)c2C)oc2ccccc12.Cl. The van der Waals surface area contributed by atoms with Crippen LogP contribution in [0.15, 0.2) is 28.7 Å². The molecule has 1 aromatic carbocycles. The van der Waals surface area contributed by atoms with Crippen LogP contribution >= 0.6 is 12.4 Å². The normalized spacial score (nSPS) is 16.0. The van der Waals surface area contributed by atoms with Gasteiger partial charge in [-0.15, -0.1) is 17.5 Å². The summed E-state index contributed by atoms with van der Waals surface area (Å²) in [5, 5.41) is 15.8. The highest BCUT2D eigenvalue weighted by atomic mass is 35.5. The molecule has 2 N–H and O–H groups in total. The maximum absolute atomic E-state index is 12.8. The molecule has 0 saturated carbocycles. The number of fused-ring (bicyclic) bond motifs is 1. The van der Waals surface area contributed by atoms with E-state index in [0.717, 1.165) is 53.9 Å². The van der Waals surface area contributed by atoms with Crippen LogP contribution in [-0.4, -0.2) is 34.0 Å². The number of carbonyl (C=O) groups excluding carboxylic acids is 1. The Bertz CT molecular complexity index is 974. The van der Waals surface area contributed by atoms with Crippen molar-refractivity contribution >= 4 is 29.3 Å². The monoisotopic (exact) mass is 403 g/mol. The number of amides is 1. The molecule has 1 amide bonds. The molecule has 3 aromatic rings. The number of carbonyl (C=O) groups is 1. The van der Waals surface area contributed by atoms with E-state index in [-0.39, 0.29) is 24.4 Å². The molecule has 8 heteroatoms. The lowest BCUT2D eigenvalue weighted by molar-refractivity contribution is 0.0929. The molecule has 1 saturated heterocycles. The number of aromatic nitrogens is 3. The smallest absolute Gasteiger partial charge is 0.274 e. The third-order valence-corrected chi connectivity index (χ3v) is 5.42. The third-order valence-electron chi connectivity index (χ3n) is 5.42. The summed E-state index contributed by atoms with van der Waals surface area (Å²) >= 11 is 0. The number of aryl methyl sites for hydroxylation is 1. The molecule has 1 aliphatic rings. The maximum Gasteiger partial charge on any atom is 0.274 e. The molecule has 1 fully saturated rings. The molecule has 1 unspecified atom stereocenters. The largest absolute Gasteiger partial charge is 0.459 e. The van der Waals surface area contributed by atoms with Crippen LogP contribution in [-0.2, 0) is 0 Å². The predicted octanol–water partition coefficient (Wildman–Crippen LogP) is 3.48. The minimum absolute atomic E-state index is 0. The summed E-state index contributed by atoms with van der Waals surface area (Å²) in [6, 6.07) is 7.95. The highest BCUT2D eigenvalue weighted by molar-refractivity contribution is 5.93. The van der Waals surface area contributed by atoms with Crippen molar-refractivity contribution in [2.24, 2.45) is 0 Å². The van der Waals surface area contributed by atoms with Crippen LogP contribution in [0.25, 0.3) is 11.0 Å². The Balaban J connectivity index is 0.00000225. The average Bonchev–Trinajstić information content (AvgIpc) is 3.23. The summed E-state index contributed by atoms with van der Waals surface area (Å²) in [6.45, 7) is 7.79. The molecule has 0 bridgehead atoms. The molecule has 7 nitrogen and oxygen atoms in total. The summed E-state index contributed by atoms with van der Waals surface area (Å²) in [4.78, 5) is 12.8. The molecular formula is C20H26ClN5O2. The van der Waals surface area contributed by atoms with Gasteiger partial charge in [0.15, 0.2) is 5.69 Å². The van der Waals surface area contributed by atoms with Crippen molar-refractivity contribution in [2.75, 3.05) is 13.1 Å². The lowest BCUT2D eigenvalue weighted by atomic mass is 10.1. The number of nitrogens with zero attached hydrogens (tertiary/aromatic N) is 3. The topological polar surface area (TPSA) is 85.0 Å². The van der Waals surface area contributed by atoms with Gasteiger partial charge >= 0.3 is 0 Å².